The van der Waals surface area contributed by atoms with Crippen LogP contribution in [0.4, 0.5) is 0 Å². The minimum atomic E-state index is -0.247. The van der Waals surface area contributed by atoms with Gasteiger partial charge >= 0.3 is 0 Å². The molecule has 0 bridgehead atoms. The molecule has 1 saturated heterocycles. The standard InChI is InChI=1S/C14H22N2O4/c1-9-11(8-17)12(15-20-9)13(18)16(4)10-5-6-19-14(2,3)7-10/h10,17H,5-8H2,1-4H3/t10-/m0/s1. The molecule has 1 aliphatic rings. The van der Waals surface area contributed by atoms with Gasteiger partial charge in [-0.1, -0.05) is 5.16 Å². The van der Waals surface area contributed by atoms with Crippen molar-refractivity contribution in [3.05, 3.63) is 17.0 Å². The van der Waals surface area contributed by atoms with Gasteiger partial charge in [-0.3, -0.25) is 4.79 Å². The molecule has 1 atom stereocenters. The largest absolute Gasteiger partial charge is 0.391 e. The van der Waals surface area contributed by atoms with E-state index in [0.717, 1.165) is 12.8 Å². The van der Waals surface area contributed by atoms with Gasteiger partial charge < -0.3 is 19.3 Å². The highest BCUT2D eigenvalue weighted by Crippen LogP contribution is 2.28. The number of nitrogens with zero attached hydrogens (tertiary/aromatic N) is 2. The molecule has 1 aromatic heterocycles. The van der Waals surface area contributed by atoms with Gasteiger partial charge in [-0.15, -0.1) is 0 Å². The Balaban J connectivity index is 2.16. The zero-order valence-electron chi connectivity index (χ0n) is 12.5. The van der Waals surface area contributed by atoms with Gasteiger partial charge in [0.1, 0.15) is 5.76 Å². The number of amides is 1. The van der Waals surface area contributed by atoms with E-state index < -0.39 is 0 Å². The fraction of sp³-hybridized carbons (Fsp3) is 0.714. The summed E-state index contributed by atoms with van der Waals surface area (Å²) in [6.07, 6.45) is 1.58. The molecule has 0 saturated carbocycles. The minimum absolute atomic E-state index is 0.106. The molecule has 2 rings (SSSR count). The lowest BCUT2D eigenvalue weighted by Crippen LogP contribution is -2.47. The predicted molar refractivity (Wildman–Crippen MR) is 72.3 cm³/mol. The van der Waals surface area contributed by atoms with E-state index in [-0.39, 0.29) is 29.9 Å². The summed E-state index contributed by atoms with van der Waals surface area (Å²) < 4.78 is 10.7. The summed E-state index contributed by atoms with van der Waals surface area (Å²) in [4.78, 5) is 14.2. The number of carbonyl (C=O) groups is 1. The van der Waals surface area contributed by atoms with E-state index in [9.17, 15) is 9.90 Å². The van der Waals surface area contributed by atoms with Crippen molar-refractivity contribution in [1.29, 1.82) is 0 Å². The molecule has 1 N–H and O–H groups in total. The number of carbonyl (C=O) groups excluding carboxylic acids is 1. The molecule has 112 valence electrons. The molecule has 0 radical (unpaired) electrons. The van der Waals surface area contributed by atoms with Crippen LogP contribution in [-0.2, 0) is 11.3 Å². The second-order valence-corrected chi connectivity index (χ2v) is 5.89. The molecule has 2 heterocycles. The van der Waals surface area contributed by atoms with Gasteiger partial charge in [0.15, 0.2) is 5.69 Å². The van der Waals surface area contributed by atoms with E-state index in [1.54, 1.807) is 18.9 Å². The van der Waals surface area contributed by atoms with Crippen LogP contribution >= 0.6 is 0 Å². The van der Waals surface area contributed by atoms with Crippen molar-refractivity contribution in [3.63, 3.8) is 0 Å². The van der Waals surface area contributed by atoms with Crippen LogP contribution in [0.3, 0.4) is 0 Å². The van der Waals surface area contributed by atoms with Gasteiger partial charge in [-0.05, 0) is 33.6 Å². The highest BCUT2D eigenvalue weighted by molar-refractivity contribution is 5.93. The van der Waals surface area contributed by atoms with Crippen LogP contribution in [0.15, 0.2) is 4.52 Å². The first-order valence-electron chi connectivity index (χ1n) is 6.83. The fourth-order valence-corrected chi connectivity index (χ4v) is 2.61. The number of hydrogen-bond acceptors (Lipinski definition) is 5. The van der Waals surface area contributed by atoms with E-state index in [2.05, 4.69) is 5.16 Å². The smallest absolute Gasteiger partial charge is 0.276 e. The Morgan fingerprint density at radius 3 is 2.85 bits per heavy atom. The minimum Gasteiger partial charge on any atom is -0.391 e. The highest BCUT2D eigenvalue weighted by atomic mass is 16.5. The monoisotopic (exact) mass is 282 g/mol. The number of aliphatic hydroxyl groups is 1. The van der Waals surface area contributed by atoms with Crippen LogP contribution < -0.4 is 0 Å². The van der Waals surface area contributed by atoms with E-state index in [1.807, 2.05) is 13.8 Å². The Morgan fingerprint density at radius 1 is 1.55 bits per heavy atom. The zero-order valence-corrected chi connectivity index (χ0v) is 12.5. The van der Waals surface area contributed by atoms with Crippen molar-refractivity contribution in [2.75, 3.05) is 13.7 Å². The summed E-state index contributed by atoms with van der Waals surface area (Å²) in [5.74, 6) is 0.269. The van der Waals surface area contributed by atoms with Gasteiger partial charge in [0.25, 0.3) is 5.91 Å². The Labute approximate surface area is 118 Å². The summed E-state index contributed by atoms with van der Waals surface area (Å²) in [5.41, 5.74) is 0.446. The van der Waals surface area contributed by atoms with Gasteiger partial charge in [0, 0.05) is 19.7 Å². The summed E-state index contributed by atoms with van der Waals surface area (Å²) in [6.45, 7) is 6.13. The summed E-state index contributed by atoms with van der Waals surface area (Å²) in [6, 6.07) is 0.106. The molecular formula is C14H22N2O4. The van der Waals surface area contributed by atoms with Crippen molar-refractivity contribution in [3.8, 4) is 0 Å². The molecule has 20 heavy (non-hydrogen) atoms. The third kappa shape index (κ3) is 2.86. The Hall–Kier alpha value is -1.40. The van der Waals surface area contributed by atoms with Crippen molar-refractivity contribution in [1.82, 2.24) is 10.1 Å². The second-order valence-electron chi connectivity index (χ2n) is 5.89. The number of rotatable bonds is 3. The van der Waals surface area contributed by atoms with Gasteiger partial charge in [-0.25, -0.2) is 0 Å². The lowest BCUT2D eigenvalue weighted by atomic mass is 9.93. The van der Waals surface area contributed by atoms with E-state index in [4.69, 9.17) is 9.26 Å². The van der Waals surface area contributed by atoms with E-state index >= 15 is 0 Å². The van der Waals surface area contributed by atoms with Crippen LogP contribution in [0.25, 0.3) is 0 Å². The Morgan fingerprint density at radius 2 is 2.25 bits per heavy atom. The number of ether oxygens (including phenoxy) is 1. The molecule has 6 heteroatoms. The first-order valence-corrected chi connectivity index (χ1v) is 6.83. The van der Waals surface area contributed by atoms with Crippen molar-refractivity contribution < 1.29 is 19.2 Å². The third-order valence-corrected chi connectivity index (χ3v) is 3.88. The molecule has 1 aromatic rings. The molecule has 1 amide bonds. The van der Waals surface area contributed by atoms with Crippen LogP contribution in [0, 0.1) is 6.92 Å². The molecule has 0 aliphatic carbocycles. The second kappa shape index (κ2) is 5.54. The number of aryl methyl sites for hydroxylation is 1. The first-order chi connectivity index (χ1) is 9.35. The maximum atomic E-state index is 12.5. The number of hydrogen-bond donors (Lipinski definition) is 1. The normalized spacial score (nSPS) is 21.8. The van der Waals surface area contributed by atoms with E-state index in [0.29, 0.717) is 17.9 Å². The molecule has 0 unspecified atom stereocenters. The molecule has 0 spiro atoms. The van der Waals surface area contributed by atoms with Crippen molar-refractivity contribution in [2.45, 2.75) is 51.9 Å². The zero-order chi connectivity index (χ0) is 14.9. The molecule has 0 aromatic carbocycles. The van der Waals surface area contributed by atoms with Crippen LogP contribution in [0.5, 0.6) is 0 Å². The average Bonchev–Trinajstić information content (AvgIpc) is 2.76. The topological polar surface area (TPSA) is 75.8 Å². The van der Waals surface area contributed by atoms with Crippen LogP contribution in [-0.4, -0.2) is 46.4 Å². The predicted octanol–water partition coefficient (Wildman–Crippen LogP) is 1.50. The highest BCUT2D eigenvalue weighted by Gasteiger charge is 2.34. The SMILES string of the molecule is Cc1onc(C(=O)N(C)[C@H]2CCOC(C)(C)C2)c1CO. The van der Waals surface area contributed by atoms with Crippen LogP contribution in [0.2, 0.25) is 0 Å². The maximum Gasteiger partial charge on any atom is 0.276 e. The lowest BCUT2D eigenvalue weighted by molar-refractivity contribution is -0.0756. The molecule has 1 fully saturated rings. The van der Waals surface area contributed by atoms with Crippen molar-refractivity contribution >= 4 is 5.91 Å². The fourth-order valence-electron chi connectivity index (χ4n) is 2.61. The summed E-state index contributed by atoms with van der Waals surface area (Å²) >= 11 is 0. The number of aliphatic hydroxyl groups excluding tert-OH is 1. The summed E-state index contributed by atoms with van der Waals surface area (Å²) in [5, 5.41) is 13.1. The van der Waals surface area contributed by atoms with Crippen molar-refractivity contribution in [2.24, 2.45) is 0 Å². The molecule has 1 aliphatic heterocycles. The summed E-state index contributed by atoms with van der Waals surface area (Å²) in [7, 11) is 1.76. The van der Waals surface area contributed by atoms with Gasteiger partial charge in [-0.2, -0.15) is 0 Å². The third-order valence-electron chi connectivity index (χ3n) is 3.88. The van der Waals surface area contributed by atoms with Crippen LogP contribution in [0.1, 0.15) is 48.5 Å². The van der Waals surface area contributed by atoms with Gasteiger partial charge in [0.05, 0.1) is 17.8 Å². The first kappa shape index (κ1) is 15.0. The van der Waals surface area contributed by atoms with Gasteiger partial charge in [0.2, 0.25) is 0 Å². The molecular weight excluding hydrogens is 260 g/mol. The Kier molecular flexibility index (Phi) is 4.15. The maximum absolute atomic E-state index is 12.5. The lowest BCUT2D eigenvalue weighted by Gasteiger charge is -2.39. The number of aromatic nitrogens is 1. The molecule has 6 nitrogen and oxygen atoms in total. The quantitative estimate of drug-likeness (QED) is 0.909. The Bertz CT molecular complexity index is 495. The van der Waals surface area contributed by atoms with E-state index in [1.165, 1.54) is 0 Å². The average molecular weight is 282 g/mol.